The largest absolute Gasteiger partial charge is 0.481 e. The van der Waals surface area contributed by atoms with E-state index in [1.54, 1.807) is 13.8 Å². The van der Waals surface area contributed by atoms with Crippen LogP contribution >= 0.6 is 0 Å². The van der Waals surface area contributed by atoms with Gasteiger partial charge in [0.2, 0.25) is 10.0 Å². The molecule has 0 aromatic carbocycles. The smallest absolute Gasteiger partial charge is 0.310 e. The molecule has 1 N–H and O–H groups in total. The fourth-order valence-corrected chi connectivity index (χ4v) is 3.71. The fourth-order valence-electron chi connectivity index (χ4n) is 2.09. The van der Waals surface area contributed by atoms with Crippen LogP contribution in [0.2, 0.25) is 0 Å². The van der Waals surface area contributed by atoms with E-state index < -0.39 is 27.4 Å². The SMILES string of the molecule is CCOC(=O)CCCS(=O)(=O)N1CCC(C)(C(=O)O)C1. The Morgan fingerprint density at radius 3 is 2.55 bits per heavy atom. The van der Waals surface area contributed by atoms with Crippen molar-refractivity contribution in [3.63, 3.8) is 0 Å². The minimum Gasteiger partial charge on any atom is -0.481 e. The number of carboxylic acid groups (broad SMARTS) is 1. The Kier molecular flexibility index (Phi) is 5.52. The molecule has 116 valence electrons. The lowest BCUT2D eigenvalue weighted by molar-refractivity contribution is -0.147. The molecular formula is C12H21NO6S. The average molecular weight is 307 g/mol. The van der Waals surface area contributed by atoms with E-state index in [2.05, 4.69) is 0 Å². The van der Waals surface area contributed by atoms with Crippen LogP contribution in [0.4, 0.5) is 0 Å². The summed E-state index contributed by atoms with van der Waals surface area (Å²) in [5.41, 5.74) is -1.02. The lowest BCUT2D eigenvalue weighted by Crippen LogP contribution is -2.36. The summed E-state index contributed by atoms with van der Waals surface area (Å²) in [7, 11) is -3.51. The van der Waals surface area contributed by atoms with Crippen molar-refractivity contribution in [2.45, 2.75) is 33.1 Å². The zero-order valence-electron chi connectivity index (χ0n) is 11.8. The number of carbonyl (C=O) groups excluding carboxylic acids is 1. The monoisotopic (exact) mass is 307 g/mol. The van der Waals surface area contributed by atoms with E-state index in [1.807, 2.05) is 0 Å². The second-order valence-corrected chi connectivity index (χ2v) is 7.26. The molecule has 0 aliphatic carbocycles. The first-order valence-electron chi connectivity index (χ1n) is 6.58. The third-order valence-corrected chi connectivity index (χ3v) is 5.34. The minimum absolute atomic E-state index is 0.00985. The van der Waals surface area contributed by atoms with Crippen LogP contribution in [0.25, 0.3) is 0 Å². The van der Waals surface area contributed by atoms with Gasteiger partial charge in [0.25, 0.3) is 0 Å². The second-order valence-electron chi connectivity index (χ2n) is 5.17. The van der Waals surface area contributed by atoms with Gasteiger partial charge in [-0.3, -0.25) is 9.59 Å². The molecule has 1 saturated heterocycles. The maximum Gasteiger partial charge on any atom is 0.310 e. The number of ether oxygens (including phenoxy) is 1. The van der Waals surface area contributed by atoms with Crippen molar-refractivity contribution in [1.82, 2.24) is 4.31 Å². The van der Waals surface area contributed by atoms with E-state index in [4.69, 9.17) is 9.84 Å². The quantitative estimate of drug-likeness (QED) is 0.686. The van der Waals surface area contributed by atoms with Gasteiger partial charge in [0.15, 0.2) is 0 Å². The van der Waals surface area contributed by atoms with Crippen LogP contribution in [0.3, 0.4) is 0 Å². The van der Waals surface area contributed by atoms with E-state index in [1.165, 1.54) is 4.31 Å². The van der Waals surface area contributed by atoms with Gasteiger partial charge in [-0.1, -0.05) is 0 Å². The predicted octanol–water partition coefficient (Wildman–Crippen LogP) is 0.456. The summed E-state index contributed by atoms with van der Waals surface area (Å²) < 4.78 is 30.0. The van der Waals surface area contributed by atoms with Gasteiger partial charge in [-0.05, 0) is 26.7 Å². The summed E-state index contributed by atoms with van der Waals surface area (Å²) in [4.78, 5) is 22.2. The summed E-state index contributed by atoms with van der Waals surface area (Å²) >= 11 is 0. The summed E-state index contributed by atoms with van der Waals surface area (Å²) in [6.07, 6.45) is 0.540. The van der Waals surface area contributed by atoms with E-state index in [-0.39, 0.29) is 38.3 Å². The summed E-state index contributed by atoms with van der Waals surface area (Å²) in [5, 5.41) is 9.08. The topological polar surface area (TPSA) is 101 Å². The molecule has 0 radical (unpaired) electrons. The predicted molar refractivity (Wildman–Crippen MR) is 71.6 cm³/mol. The number of nitrogens with zero attached hydrogens (tertiary/aromatic N) is 1. The van der Waals surface area contributed by atoms with Crippen LogP contribution < -0.4 is 0 Å². The van der Waals surface area contributed by atoms with E-state index in [0.717, 1.165) is 0 Å². The van der Waals surface area contributed by atoms with Crippen LogP contribution in [-0.2, 0) is 24.3 Å². The molecule has 0 saturated carbocycles. The van der Waals surface area contributed by atoms with Crippen LogP contribution in [0.5, 0.6) is 0 Å². The Balaban J connectivity index is 2.50. The Labute approximate surface area is 118 Å². The van der Waals surface area contributed by atoms with E-state index in [0.29, 0.717) is 6.42 Å². The second kappa shape index (κ2) is 6.53. The molecule has 0 aromatic rings. The molecule has 1 aliphatic heterocycles. The number of sulfonamides is 1. The average Bonchev–Trinajstić information content (AvgIpc) is 2.74. The molecule has 8 heteroatoms. The number of hydrogen-bond donors (Lipinski definition) is 1. The Hall–Kier alpha value is -1.15. The third kappa shape index (κ3) is 4.17. The molecule has 1 unspecified atom stereocenters. The first-order valence-corrected chi connectivity index (χ1v) is 8.19. The van der Waals surface area contributed by atoms with Crippen LogP contribution in [-0.4, -0.2) is 55.2 Å². The number of carboxylic acids is 1. The molecular weight excluding hydrogens is 286 g/mol. The standard InChI is InChI=1S/C12H21NO6S/c1-3-19-10(14)5-4-8-20(17,18)13-7-6-12(2,9-13)11(15)16/h3-9H2,1-2H3,(H,15,16). The van der Waals surface area contributed by atoms with Gasteiger partial charge in [-0.15, -0.1) is 0 Å². The molecule has 0 aromatic heterocycles. The third-order valence-electron chi connectivity index (χ3n) is 3.44. The van der Waals surface area contributed by atoms with Crippen molar-refractivity contribution < 1.29 is 27.9 Å². The van der Waals surface area contributed by atoms with Crippen molar-refractivity contribution in [1.29, 1.82) is 0 Å². The number of rotatable bonds is 7. The zero-order valence-corrected chi connectivity index (χ0v) is 12.6. The number of carbonyl (C=O) groups is 2. The Bertz CT molecular complexity index is 474. The van der Waals surface area contributed by atoms with Gasteiger partial charge < -0.3 is 9.84 Å². The lowest BCUT2D eigenvalue weighted by Gasteiger charge is -2.19. The fraction of sp³-hybridized carbons (Fsp3) is 0.833. The molecule has 0 amide bonds. The first kappa shape index (κ1) is 16.9. The van der Waals surface area contributed by atoms with Gasteiger partial charge in [0, 0.05) is 19.5 Å². The molecule has 1 atom stereocenters. The van der Waals surface area contributed by atoms with Gasteiger partial charge >= 0.3 is 11.9 Å². The highest BCUT2D eigenvalue weighted by Crippen LogP contribution is 2.32. The van der Waals surface area contributed by atoms with Crippen molar-refractivity contribution in [2.75, 3.05) is 25.4 Å². The van der Waals surface area contributed by atoms with Gasteiger partial charge in [-0.25, -0.2) is 12.7 Å². The first-order chi connectivity index (χ1) is 9.21. The van der Waals surface area contributed by atoms with E-state index in [9.17, 15) is 18.0 Å². The summed E-state index contributed by atoms with van der Waals surface area (Å²) in [5.74, 6) is -1.57. The molecule has 1 heterocycles. The van der Waals surface area contributed by atoms with Gasteiger partial charge in [0.05, 0.1) is 17.8 Å². The van der Waals surface area contributed by atoms with Crippen LogP contribution in [0, 0.1) is 5.41 Å². The van der Waals surface area contributed by atoms with Crippen molar-refractivity contribution >= 4 is 22.0 Å². The Morgan fingerprint density at radius 1 is 1.40 bits per heavy atom. The molecule has 0 bridgehead atoms. The minimum atomic E-state index is -3.51. The maximum atomic E-state index is 12.1. The zero-order chi connectivity index (χ0) is 15.4. The summed E-state index contributed by atoms with van der Waals surface area (Å²) in [6.45, 7) is 3.71. The highest BCUT2D eigenvalue weighted by molar-refractivity contribution is 7.89. The summed E-state index contributed by atoms with van der Waals surface area (Å²) in [6, 6.07) is 0. The van der Waals surface area contributed by atoms with Crippen LogP contribution in [0.15, 0.2) is 0 Å². The van der Waals surface area contributed by atoms with Crippen molar-refractivity contribution in [2.24, 2.45) is 5.41 Å². The van der Waals surface area contributed by atoms with Crippen molar-refractivity contribution in [3.8, 4) is 0 Å². The number of hydrogen-bond acceptors (Lipinski definition) is 5. The highest BCUT2D eigenvalue weighted by atomic mass is 32.2. The molecule has 1 fully saturated rings. The maximum absolute atomic E-state index is 12.1. The molecule has 1 rings (SSSR count). The number of aliphatic carboxylic acids is 1. The molecule has 1 aliphatic rings. The normalized spacial score (nSPS) is 23.7. The van der Waals surface area contributed by atoms with Gasteiger partial charge in [-0.2, -0.15) is 0 Å². The molecule has 20 heavy (non-hydrogen) atoms. The number of esters is 1. The van der Waals surface area contributed by atoms with Crippen molar-refractivity contribution in [3.05, 3.63) is 0 Å². The van der Waals surface area contributed by atoms with E-state index >= 15 is 0 Å². The molecule has 0 spiro atoms. The lowest BCUT2D eigenvalue weighted by atomic mass is 9.90. The van der Waals surface area contributed by atoms with Crippen LogP contribution in [0.1, 0.15) is 33.1 Å². The molecule has 7 nitrogen and oxygen atoms in total. The highest BCUT2D eigenvalue weighted by Gasteiger charge is 2.44. The van der Waals surface area contributed by atoms with Gasteiger partial charge in [0.1, 0.15) is 0 Å². The Morgan fingerprint density at radius 2 is 2.05 bits per heavy atom.